The van der Waals surface area contributed by atoms with Gasteiger partial charge in [0.2, 0.25) is 0 Å². The Kier molecular flexibility index (Phi) is 5.60. The number of hydrogen-bond acceptors (Lipinski definition) is 5. The topological polar surface area (TPSA) is 38.2 Å². The summed E-state index contributed by atoms with van der Waals surface area (Å²) in [7, 11) is 0. The molecule has 2 saturated heterocycles. The number of hydrogen-bond donors (Lipinski definition) is 0. The summed E-state index contributed by atoms with van der Waals surface area (Å²) >= 11 is 1.39. The monoisotopic (exact) mass is 375 g/mol. The smallest absolute Gasteiger partial charge is 0.377 e. The van der Waals surface area contributed by atoms with E-state index in [1.165, 1.54) is 11.8 Å². The number of halogens is 3. The molecule has 0 bridgehead atoms. The van der Waals surface area contributed by atoms with Crippen molar-refractivity contribution in [2.45, 2.75) is 68.4 Å². The molecule has 2 aliphatic rings. The molecule has 0 amide bonds. The van der Waals surface area contributed by atoms with Gasteiger partial charge in [-0.3, -0.25) is 4.90 Å². The number of alkyl halides is 3. The van der Waals surface area contributed by atoms with Gasteiger partial charge in [0.15, 0.2) is 0 Å². The largest absolute Gasteiger partial charge is 0.433 e. The molecule has 0 aromatic carbocycles. The summed E-state index contributed by atoms with van der Waals surface area (Å²) in [6.45, 7) is 5.89. The molecule has 3 heterocycles. The molecule has 8 heteroatoms. The van der Waals surface area contributed by atoms with Crippen molar-refractivity contribution < 1.29 is 17.9 Å². The summed E-state index contributed by atoms with van der Waals surface area (Å²) in [6.07, 6.45) is 1.25. The van der Waals surface area contributed by atoms with Crippen molar-refractivity contribution >= 4 is 11.8 Å². The summed E-state index contributed by atoms with van der Waals surface area (Å²) in [5, 5.41) is 0.387. The van der Waals surface area contributed by atoms with E-state index in [-0.39, 0.29) is 11.6 Å². The first-order chi connectivity index (χ1) is 11.8. The average Bonchev–Trinajstić information content (AvgIpc) is 3.10. The molecule has 0 N–H and O–H groups in total. The van der Waals surface area contributed by atoms with Crippen molar-refractivity contribution in [1.29, 1.82) is 0 Å². The standard InChI is InChI=1S/C17H24F3N3OS/c1-12(2)24-10-16-5-3-7-23(16)13(4-6-16)9-25-15-8-14(17(18,19)20)21-11-22-15/h8,11-13H,3-7,9-10H2,1-2H3/t13-,16?/m0/s1. The maximum atomic E-state index is 12.8. The maximum absolute atomic E-state index is 12.8. The lowest BCUT2D eigenvalue weighted by Gasteiger charge is -2.35. The van der Waals surface area contributed by atoms with Crippen LogP contribution in [0.25, 0.3) is 0 Å². The summed E-state index contributed by atoms with van der Waals surface area (Å²) in [4.78, 5) is 9.83. The van der Waals surface area contributed by atoms with E-state index in [1.54, 1.807) is 0 Å². The number of fused-ring (bicyclic) bond motifs is 1. The van der Waals surface area contributed by atoms with Crippen LogP contribution in [0.3, 0.4) is 0 Å². The average molecular weight is 375 g/mol. The third kappa shape index (κ3) is 4.28. The number of thioether (sulfide) groups is 1. The molecule has 140 valence electrons. The van der Waals surface area contributed by atoms with E-state index in [0.29, 0.717) is 11.1 Å². The van der Waals surface area contributed by atoms with E-state index >= 15 is 0 Å². The molecule has 25 heavy (non-hydrogen) atoms. The van der Waals surface area contributed by atoms with Gasteiger partial charge >= 0.3 is 6.18 Å². The first-order valence-corrected chi connectivity index (χ1v) is 9.69. The second-order valence-electron chi connectivity index (χ2n) is 7.12. The summed E-state index contributed by atoms with van der Waals surface area (Å²) in [5.74, 6) is 0.748. The molecule has 1 aromatic heterocycles. The lowest BCUT2D eigenvalue weighted by Crippen LogP contribution is -2.46. The first kappa shape index (κ1) is 18.9. The number of rotatable bonds is 6. The highest BCUT2D eigenvalue weighted by Crippen LogP contribution is 2.44. The van der Waals surface area contributed by atoms with E-state index < -0.39 is 11.9 Å². The number of aromatic nitrogens is 2. The Balaban J connectivity index is 1.61. The van der Waals surface area contributed by atoms with Crippen LogP contribution in [0.15, 0.2) is 17.4 Å². The van der Waals surface area contributed by atoms with Crippen LogP contribution in [-0.2, 0) is 10.9 Å². The summed E-state index contributed by atoms with van der Waals surface area (Å²) in [5.41, 5.74) is -0.754. The molecule has 0 saturated carbocycles. The Hall–Kier alpha value is -0.860. The highest BCUT2D eigenvalue weighted by molar-refractivity contribution is 7.99. The van der Waals surface area contributed by atoms with Gasteiger partial charge in [0.1, 0.15) is 17.0 Å². The Morgan fingerprint density at radius 3 is 2.88 bits per heavy atom. The Labute approximate surface area is 150 Å². The molecular weight excluding hydrogens is 351 g/mol. The molecule has 0 radical (unpaired) electrons. The molecule has 1 unspecified atom stereocenters. The zero-order valence-corrected chi connectivity index (χ0v) is 15.4. The van der Waals surface area contributed by atoms with E-state index in [1.807, 2.05) is 13.8 Å². The van der Waals surface area contributed by atoms with Crippen molar-refractivity contribution in [3.05, 3.63) is 18.1 Å². The Bertz CT molecular complexity index is 599. The molecule has 0 aliphatic carbocycles. The van der Waals surface area contributed by atoms with Crippen LogP contribution in [0, 0.1) is 0 Å². The van der Waals surface area contributed by atoms with Crippen LogP contribution >= 0.6 is 11.8 Å². The van der Waals surface area contributed by atoms with Crippen molar-refractivity contribution in [1.82, 2.24) is 14.9 Å². The fourth-order valence-electron chi connectivity index (χ4n) is 3.87. The van der Waals surface area contributed by atoms with Gasteiger partial charge < -0.3 is 4.74 Å². The van der Waals surface area contributed by atoms with Crippen molar-refractivity contribution in [3.8, 4) is 0 Å². The third-order valence-electron chi connectivity index (χ3n) is 5.08. The number of nitrogens with zero attached hydrogens (tertiary/aromatic N) is 3. The van der Waals surface area contributed by atoms with E-state index in [2.05, 4.69) is 14.9 Å². The van der Waals surface area contributed by atoms with Crippen LogP contribution in [0.4, 0.5) is 13.2 Å². The fraction of sp³-hybridized carbons (Fsp3) is 0.765. The normalized spacial score (nSPS) is 27.2. The van der Waals surface area contributed by atoms with Crippen molar-refractivity contribution in [2.24, 2.45) is 0 Å². The maximum Gasteiger partial charge on any atom is 0.433 e. The SMILES string of the molecule is CC(C)OCC12CCCN1[C@H](CSc1cc(C(F)(F)F)ncn1)CC2. The van der Waals surface area contributed by atoms with Gasteiger partial charge in [-0.25, -0.2) is 9.97 Å². The predicted octanol–water partition coefficient (Wildman–Crippen LogP) is 4.01. The summed E-state index contributed by atoms with van der Waals surface area (Å²) in [6, 6.07) is 1.41. The molecular formula is C17H24F3N3OS. The van der Waals surface area contributed by atoms with E-state index in [9.17, 15) is 13.2 Å². The first-order valence-electron chi connectivity index (χ1n) is 8.70. The quantitative estimate of drug-likeness (QED) is 0.555. The van der Waals surface area contributed by atoms with Gasteiger partial charge in [-0.2, -0.15) is 13.2 Å². The van der Waals surface area contributed by atoms with Gasteiger partial charge in [0, 0.05) is 23.4 Å². The van der Waals surface area contributed by atoms with Crippen LogP contribution in [0.1, 0.15) is 45.2 Å². The molecule has 4 nitrogen and oxygen atoms in total. The van der Waals surface area contributed by atoms with Crippen molar-refractivity contribution in [3.63, 3.8) is 0 Å². The lowest BCUT2D eigenvalue weighted by atomic mass is 9.95. The van der Waals surface area contributed by atoms with Gasteiger partial charge in [-0.05, 0) is 46.1 Å². The lowest BCUT2D eigenvalue weighted by molar-refractivity contribution is -0.141. The van der Waals surface area contributed by atoms with E-state index in [4.69, 9.17) is 4.74 Å². The zero-order valence-electron chi connectivity index (χ0n) is 14.6. The highest BCUT2D eigenvalue weighted by Gasteiger charge is 2.49. The van der Waals surface area contributed by atoms with Gasteiger partial charge in [0.05, 0.1) is 12.7 Å². The highest BCUT2D eigenvalue weighted by atomic mass is 32.2. The van der Waals surface area contributed by atoms with Crippen LogP contribution in [-0.4, -0.2) is 51.5 Å². The molecule has 2 atom stereocenters. The molecule has 2 fully saturated rings. The molecule has 0 spiro atoms. The van der Waals surface area contributed by atoms with Crippen LogP contribution in [0.2, 0.25) is 0 Å². The molecule has 1 aromatic rings. The van der Waals surface area contributed by atoms with E-state index in [0.717, 1.165) is 57.0 Å². The number of ether oxygens (including phenoxy) is 1. The third-order valence-corrected chi connectivity index (χ3v) is 6.15. The van der Waals surface area contributed by atoms with Gasteiger partial charge in [0.25, 0.3) is 0 Å². The van der Waals surface area contributed by atoms with Gasteiger partial charge in [-0.1, -0.05) is 0 Å². The minimum atomic E-state index is -4.43. The Morgan fingerprint density at radius 2 is 2.16 bits per heavy atom. The van der Waals surface area contributed by atoms with Gasteiger partial charge in [-0.15, -0.1) is 11.8 Å². The Morgan fingerprint density at radius 1 is 1.36 bits per heavy atom. The van der Waals surface area contributed by atoms with Crippen LogP contribution in [0.5, 0.6) is 0 Å². The van der Waals surface area contributed by atoms with Crippen LogP contribution < -0.4 is 0 Å². The second kappa shape index (κ2) is 7.40. The second-order valence-corrected chi connectivity index (χ2v) is 8.16. The summed E-state index contributed by atoms with van der Waals surface area (Å²) < 4.78 is 44.2. The van der Waals surface area contributed by atoms with Crippen molar-refractivity contribution in [2.75, 3.05) is 18.9 Å². The minimum absolute atomic E-state index is 0.123. The molecule has 2 aliphatic heterocycles. The fourth-order valence-corrected chi connectivity index (χ4v) is 4.89. The molecule has 3 rings (SSSR count). The predicted molar refractivity (Wildman–Crippen MR) is 90.5 cm³/mol. The zero-order chi connectivity index (χ0) is 18.1. The minimum Gasteiger partial charge on any atom is -0.377 e.